The van der Waals surface area contributed by atoms with Crippen LogP contribution in [-0.2, 0) is 0 Å². The number of nitrogens with zero attached hydrogens (tertiary/aromatic N) is 5. The molecule has 1 saturated carbocycles. The molecule has 0 amide bonds. The van der Waals surface area contributed by atoms with Gasteiger partial charge >= 0.3 is 0 Å². The smallest absolute Gasteiger partial charge is 0.263 e. The van der Waals surface area contributed by atoms with Gasteiger partial charge in [0.25, 0.3) is 5.56 Å². The summed E-state index contributed by atoms with van der Waals surface area (Å²) in [6.07, 6.45) is 4.03. The number of hydrogen-bond acceptors (Lipinski definition) is 6. The lowest BCUT2D eigenvalue weighted by Crippen LogP contribution is -2.47. The average molecular weight is 326 g/mol. The minimum absolute atomic E-state index is 0.160. The van der Waals surface area contributed by atoms with Crippen molar-refractivity contribution in [2.45, 2.75) is 18.8 Å². The molecule has 9 heteroatoms. The van der Waals surface area contributed by atoms with E-state index in [1.165, 1.54) is 24.7 Å². The fourth-order valence-corrected chi connectivity index (χ4v) is 3.22. The summed E-state index contributed by atoms with van der Waals surface area (Å²) in [5.74, 6) is 2.29. The number of aromatic amines is 3. The van der Waals surface area contributed by atoms with Gasteiger partial charge in [-0.05, 0) is 12.8 Å². The molecule has 0 unspecified atom stereocenters. The maximum Gasteiger partial charge on any atom is 0.263 e. The van der Waals surface area contributed by atoms with Crippen molar-refractivity contribution in [2.24, 2.45) is 0 Å². The van der Waals surface area contributed by atoms with E-state index in [1.54, 1.807) is 0 Å². The number of anilines is 2. The molecule has 24 heavy (non-hydrogen) atoms. The Balaban J connectivity index is 1.32. The van der Waals surface area contributed by atoms with Gasteiger partial charge in [0.15, 0.2) is 11.5 Å². The van der Waals surface area contributed by atoms with E-state index < -0.39 is 0 Å². The number of hydrogen-bond donors (Lipinski definition) is 3. The summed E-state index contributed by atoms with van der Waals surface area (Å²) in [5.41, 5.74) is 1.62. The lowest BCUT2D eigenvalue weighted by Gasteiger charge is -2.34. The molecule has 0 atom stereocenters. The summed E-state index contributed by atoms with van der Waals surface area (Å²) in [4.78, 5) is 23.7. The maximum absolute atomic E-state index is 12.1. The minimum atomic E-state index is -0.160. The van der Waals surface area contributed by atoms with Gasteiger partial charge < -0.3 is 9.80 Å². The first-order valence-electron chi connectivity index (χ1n) is 8.26. The third-order valence-electron chi connectivity index (χ3n) is 4.81. The summed E-state index contributed by atoms with van der Waals surface area (Å²) in [7, 11) is 0. The predicted molar refractivity (Wildman–Crippen MR) is 89.5 cm³/mol. The van der Waals surface area contributed by atoms with Crippen LogP contribution in [0.5, 0.6) is 0 Å². The largest absolute Gasteiger partial charge is 0.352 e. The van der Waals surface area contributed by atoms with Gasteiger partial charge in [0.2, 0.25) is 5.95 Å². The third kappa shape index (κ3) is 2.24. The zero-order valence-corrected chi connectivity index (χ0v) is 13.1. The zero-order valence-electron chi connectivity index (χ0n) is 13.1. The van der Waals surface area contributed by atoms with E-state index in [-0.39, 0.29) is 5.56 Å². The van der Waals surface area contributed by atoms with E-state index in [4.69, 9.17) is 0 Å². The number of fused-ring (bicyclic) bond motifs is 1. The summed E-state index contributed by atoms with van der Waals surface area (Å²) in [6.45, 7) is 3.27. The Morgan fingerprint density at radius 2 is 1.88 bits per heavy atom. The molecule has 0 aromatic carbocycles. The van der Waals surface area contributed by atoms with E-state index in [0.29, 0.717) is 22.9 Å². The quantitative estimate of drug-likeness (QED) is 0.649. The number of H-pyrrole nitrogens is 3. The molecule has 3 N–H and O–H groups in total. The van der Waals surface area contributed by atoms with Crippen LogP contribution in [0.2, 0.25) is 0 Å². The van der Waals surface area contributed by atoms with Gasteiger partial charge in [-0.1, -0.05) is 0 Å². The van der Waals surface area contributed by atoms with Gasteiger partial charge in [0.05, 0.1) is 6.20 Å². The van der Waals surface area contributed by atoms with Crippen molar-refractivity contribution in [2.75, 3.05) is 36.0 Å². The summed E-state index contributed by atoms with van der Waals surface area (Å²) in [6, 6.07) is 2.17. The topological polar surface area (TPSA) is 110 Å². The first-order chi connectivity index (χ1) is 11.8. The Morgan fingerprint density at radius 1 is 1.08 bits per heavy atom. The summed E-state index contributed by atoms with van der Waals surface area (Å²) >= 11 is 0. The predicted octanol–water partition coefficient (Wildman–Crippen LogP) is 0.573. The first-order valence-corrected chi connectivity index (χ1v) is 8.26. The minimum Gasteiger partial charge on any atom is -0.352 e. The number of aromatic nitrogens is 6. The lowest BCUT2D eigenvalue weighted by atomic mass is 10.2. The van der Waals surface area contributed by atoms with E-state index in [0.717, 1.165) is 32.0 Å². The van der Waals surface area contributed by atoms with E-state index >= 15 is 0 Å². The second kappa shape index (κ2) is 5.08. The SMILES string of the molecule is O=c1[nH]c(N2CCN(c3cc(C4CC4)[nH]n3)CC2)nc2[nH]ncc12. The Labute approximate surface area is 137 Å². The molecular formula is C15H18N8O. The molecule has 5 rings (SSSR count). The highest BCUT2D eigenvalue weighted by Crippen LogP contribution is 2.39. The van der Waals surface area contributed by atoms with Crippen LogP contribution in [-0.4, -0.2) is 56.5 Å². The van der Waals surface area contributed by atoms with E-state index in [1.807, 2.05) is 0 Å². The van der Waals surface area contributed by atoms with Gasteiger partial charge in [0.1, 0.15) is 5.39 Å². The molecule has 1 aliphatic heterocycles. The van der Waals surface area contributed by atoms with Crippen LogP contribution in [0.25, 0.3) is 11.0 Å². The van der Waals surface area contributed by atoms with Crippen LogP contribution in [0.15, 0.2) is 17.1 Å². The fourth-order valence-electron chi connectivity index (χ4n) is 3.22. The van der Waals surface area contributed by atoms with Crippen LogP contribution in [0.3, 0.4) is 0 Å². The van der Waals surface area contributed by atoms with Crippen molar-refractivity contribution in [3.8, 4) is 0 Å². The molecule has 0 radical (unpaired) electrons. The normalized spacial score (nSPS) is 18.5. The molecule has 9 nitrogen and oxygen atoms in total. The summed E-state index contributed by atoms with van der Waals surface area (Å²) < 4.78 is 0. The molecule has 0 bridgehead atoms. The van der Waals surface area contributed by atoms with Gasteiger partial charge in [-0.2, -0.15) is 15.2 Å². The highest BCUT2D eigenvalue weighted by atomic mass is 16.1. The van der Waals surface area contributed by atoms with Crippen LogP contribution >= 0.6 is 0 Å². The van der Waals surface area contributed by atoms with Crippen LogP contribution in [0.4, 0.5) is 11.8 Å². The van der Waals surface area contributed by atoms with Crippen molar-refractivity contribution in [1.29, 1.82) is 0 Å². The van der Waals surface area contributed by atoms with Gasteiger partial charge in [-0.3, -0.25) is 20.0 Å². The Kier molecular flexibility index (Phi) is 2.88. The molecule has 1 saturated heterocycles. The van der Waals surface area contributed by atoms with Gasteiger partial charge in [0, 0.05) is 43.9 Å². The average Bonchev–Trinajstić information content (AvgIpc) is 3.14. The molecule has 0 spiro atoms. The second-order valence-electron chi connectivity index (χ2n) is 6.45. The highest BCUT2D eigenvalue weighted by Gasteiger charge is 2.27. The first kappa shape index (κ1) is 13.6. The molecule has 1 aliphatic carbocycles. The monoisotopic (exact) mass is 326 g/mol. The molecule has 3 aromatic rings. The molecular weight excluding hydrogens is 308 g/mol. The van der Waals surface area contributed by atoms with Crippen molar-refractivity contribution in [1.82, 2.24) is 30.4 Å². The van der Waals surface area contributed by atoms with Crippen molar-refractivity contribution in [3.05, 3.63) is 28.3 Å². The number of nitrogens with one attached hydrogen (secondary N) is 3. The molecule has 124 valence electrons. The lowest BCUT2D eigenvalue weighted by molar-refractivity contribution is 0.634. The zero-order chi connectivity index (χ0) is 16.1. The van der Waals surface area contributed by atoms with Crippen LogP contribution < -0.4 is 15.4 Å². The Bertz CT molecular complexity index is 928. The molecule has 3 aromatic heterocycles. The molecule has 2 aliphatic rings. The molecule has 2 fully saturated rings. The Hall–Kier alpha value is -2.84. The van der Waals surface area contributed by atoms with Crippen molar-refractivity contribution >= 4 is 22.8 Å². The van der Waals surface area contributed by atoms with Gasteiger partial charge in [-0.25, -0.2) is 0 Å². The van der Waals surface area contributed by atoms with Crippen LogP contribution in [0, 0.1) is 0 Å². The molecule has 4 heterocycles. The van der Waals surface area contributed by atoms with Gasteiger partial charge in [-0.15, -0.1) is 0 Å². The van der Waals surface area contributed by atoms with Crippen LogP contribution in [0.1, 0.15) is 24.5 Å². The number of piperazine rings is 1. The summed E-state index contributed by atoms with van der Waals surface area (Å²) in [5, 5.41) is 14.7. The highest BCUT2D eigenvalue weighted by molar-refractivity contribution is 5.73. The van der Waals surface area contributed by atoms with E-state index in [2.05, 4.69) is 46.2 Å². The number of rotatable bonds is 3. The Morgan fingerprint density at radius 3 is 2.67 bits per heavy atom. The fraction of sp³-hybridized carbons (Fsp3) is 0.467. The third-order valence-corrected chi connectivity index (χ3v) is 4.81. The standard InChI is InChI=1S/C15H18N8O/c24-14-10-8-16-21-13(10)17-15(18-14)23-5-3-22(4-6-23)12-7-11(19-20-12)9-1-2-9/h7-9H,1-6H2,(H,19,20)(H2,16,17,18,21,24). The maximum atomic E-state index is 12.1. The van der Waals surface area contributed by atoms with Crippen molar-refractivity contribution in [3.63, 3.8) is 0 Å². The van der Waals surface area contributed by atoms with E-state index in [9.17, 15) is 4.79 Å². The second-order valence-corrected chi connectivity index (χ2v) is 6.45. The van der Waals surface area contributed by atoms with Crippen molar-refractivity contribution < 1.29 is 0 Å².